The third-order valence-corrected chi connectivity index (χ3v) is 8.00. The summed E-state index contributed by atoms with van der Waals surface area (Å²) in [5, 5.41) is 0. The van der Waals surface area contributed by atoms with Gasteiger partial charge in [0.05, 0.1) is 16.2 Å². The average molecular weight is 777 g/mol. The normalized spacial score (nSPS) is 11.7. The minimum atomic E-state index is -3.47. The molecule has 0 spiro atoms. The Bertz CT molecular complexity index is 785. The molecule has 0 N–H and O–H groups in total. The first kappa shape index (κ1) is 51.3. The summed E-state index contributed by atoms with van der Waals surface area (Å²) in [4.78, 5) is 33.9. The van der Waals surface area contributed by atoms with Gasteiger partial charge in [-0.2, -0.15) is 0 Å². The molecule has 0 aromatic heterocycles. The Balaban J connectivity index is -0.000000188. The first-order chi connectivity index (χ1) is 17.5. The zero-order valence-electron chi connectivity index (χ0n) is 27.1. The Morgan fingerprint density at radius 1 is 0.610 bits per heavy atom. The fourth-order valence-electron chi connectivity index (χ4n) is 1.57. The topological polar surface area (TPSA) is 150 Å². The molecule has 0 fully saturated rings. The van der Waals surface area contributed by atoms with Crippen molar-refractivity contribution in [1.82, 2.24) is 0 Å². The van der Waals surface area contributed by atoms with Gasteiger partial charge in [0.15, 0.2) is 6.07 Å². The quantitative estimate of drug-likeness (QED) is 0.0551. The van der Waals surface area contributed by atoms with Crippen LogP contribution in [0.2, 0.25) is 0 Å². The predicted octanol–water partition coefficient (Wildman–Crippen LogP) is 0.598. The molecule has 0 aliphatic rings. The monoisotopic (exact) mass is 776 g/mol. The Hall–Kier alpha value is 0.730. The molecule has 0 saturated heterocycles. The molecule has 41 heavy (non-hydrogen) atoms. The zero-order chi connectivity index (χ0) is 31.7. The Labute approximate surface area is 290 Å². The number of halogens is 2. The largest absolute Gasteiger partial charge is 1.00 e. The maximum atomic E-state index is 12.2. The maximum absolute atomic E-state index is 12.2. The van der Waals surface area contributed by atoms with Crippen LogP contribution in [0.4, 0.5) is 0 Å². The van der Waals surface area contributed by atoms with E-state index >= 15 is 0 Å². The summed E-state index contributed by atoms with van der Waals surface area (Å²) in [6.45, 7) is 17.9. The average Bonchev–Trinajstić information content (AvgIpc) is 2.82. The molecule has 0 aromatic rings. The van der Waals surface area contributed by atoms with Gasteiger partial charge in [0, 0.05) is 26.5 Å². The van der Waals surface area contributed by atoms with Gasteiger partial charge in [-0.05, 0) is 62.3 Å². The van der Waals surface area contributed by atoms with Crippen LogP contribution in [0, 0.1) is 16.2 Å². The molecular formula is C24H49ClINaO12P2. The number of esters is 3. The van der Waals surface area contributed by atoms with Crippen LogP contribution in [0.3, 0.4) is 0 Å². The molecular weight excluding hydrogens is 728 g/mol. The van der Waals surface area contributed by atoms with Crippen LogP contribution in [0.1, 0.15) is 76.2 Å². The van der Waals surface area contributed by atoms with Crippen molar-refractivity contribution >= 4 is 44.7 Å². The van der Waals surface area contributed by atoms with E-state index in [2.05, 4.69) is 13.8 Å². The fraction of sp³-hybridized carbons (Fsp3) is 0.875. The van der Waals surface area contributed by atoms with Gasteiger partial charge >= 0.3 is 62.7 Å². The number of alkyl halides is 1. The van der Waals surface area contributed by atoms with Gasteiger partial charge in [-0.1, -0.05) is 25.4 Å². The molecule has 12 nitrogen and oxygen atoms in total. The van der Waals surface area contributed by atoms with Crippen molar-refractivity contribution in [1.29, 1.82) is 0 Å². The van der Waals surface area contributed by atoms with Crippen molar-refractivity contribution in [2.24, 2.45) is 16.2 Å². The molecule has 0 saturated carbocycles. The minimum Gasteiger partial charge on any atom is -1.00 e. The van der Waals surface area contributed by atoms with E-state index in [1.807, 2.05) is 0 Å². The summed E-state index contributed by atoms with van der Waals surface area (Å²) in [6.07, 6.45) is 0.493. The van der Waals surface area contributed by atoms with Crippen LogP contribution in [-0.4, -0.2) is 64.1 Å². The van der Waals surface area contributed by atoms with E-state index in [1.165, 1.54) is 14.2 Å². The standard InChI is InChI=1S/C14H27O7P.C6H11ClO2.C4H11O3P.HI.Na/c1-8-22(17,20-9-18-11(15)13(2,3)4)21-10-19-12(16)14(5,6)7;1-6(2,3)5(8)9-4-7;1-4-8(5,6-2)7-3;;/h8-10H2,1-7H3;4H2,1-3H3;4H2,1-3H3;1H;/q;;;;+1/p-1. The summed E-state index contributed by atoms with van der Waals surface area (Å²) in [7, 11) is -3.37. The van der Waals surface area contributed by atoms with E-state index in [4.69, 9.17) is 30.1 Å². The second-order valence-corrected chi connectivity index (χ2v) is 16.0. The van der Waals surface area contributed by atoms with Crippen molar-refractivity contribution in [3.05, 3.63) is 0 Å². The SMILES string of the molecule is CC(C)(C)C(=O)OCCl.CCP(=O)(OC)OC.CCP(=O)(OCOC(=O)C(C)(C)C)OCOC(=O)C(C)(C)C.[I-].[Na+]. The van der Waals surface area contributed by atoms with Crippen LogP contribution in [0.15, 0.2) is 0 Å². The summed E-state index contributed by atoms with van der Waals surface area (Å²) < 4.78 is 56.5. The van der Waals surface area contributed by atoms with Gasteiger partial charge in [0.1, 0.15) is 0 Å². The number of carbonyl (C=O) groups excluding carboxylic acids is 3. The van der Waals surface area contributed by atoms with E-state index in [1.54, 1.807) is 76.2 Å². The molecule has 0 heterocycles. The van der Waals surface area contributed by atoms with Gasteiger partial charge in [0.2, 0.25) is 13.6 Å². The van der Waals surface area contributed by atoms with Crippen molar-refractivity contribution < 1.29 is 109 Å². The molecule has 0 rings (SSSR count). The van der Waals surface area contributed by atoms with Gasteiger partial charge in [-0.15, -0.1) is 0 Å². The second-order valence-electron chi connectivity index (χ2n) is 10.9. The third kappa shape index (κ3) is 26.8. The van der Waals surface area contributed by atoms with Crippen molar-refractivity contribution in [2.45, 2.75) is 76.2 Å². The molecule has 0 atom stereocenters. The third-order valence-electron chi connectivity index (χ3n) is 4.23. The van der Waals surface area contributed by atoms with Crippen LogP contribution in [0.5, 0.6) is 0 Å². The van der Waals surface area contributed by atoms with Gasteiger partial charge in [-0.25, -0.2) is 0 Å². The Morgan fingerprint density at radius 2 is 0.878 bits per heavy atom. The molecule has 0 radical (unpaired) electrons. The number of carbonyl (C=O) groups is 3. The molecule has 0 aromatic carbocycles. The van der Waals surface area contributed by atoms with Crippen LogP contribution < -0.4 is 53.5 Å². The first-order valence-electron chi connectivity index (χ1n) is 12.1. The van der Waals surface area contributed by atoms with Crippen molar-refractivity contribution in [3.63, 3.8) is 0 Å². The minimum absolute atomic E-state index is 0. The fourth-order valence-corrected chi connectivity index (χ4v) is 3.20. The summed E-state index contributed by atoms with van der Waals surface area (Å²) in [5.41, 5.74) is -1.79. The van der Waals surface area contributed by atoms with E-state index in [9.17, 15) is 23.5 Å². The smallest absolute Gasteiger partial charge is 1.00 e. The second kappa shape index (κ2) is 24.0. The predicted molar refractivity (Wildman–Crippen MR) is 150 cm³/mol. The van der Waals surface area contributed by atoms with Gasteiger partial charge in [0.25, 0.3) is 0 Å². The molecule has 242 valence electrons. The molecule has 0 amide bonds. The van der Waals surface area contributed by atoms with Gasteiger partial charge < -0.3 is 47.2 Å². The molecule has 0 bridgehead atoms. The van der Waals surface area contributed by atoms with Crippen molar-refractivity contribution in [2.75, 3.05) is 46.2 Å². The number of rotatable bonds is 11. The Morgan fingerprint density at radius 3 is 1.02 bits per heavy atom. The van der Waals surface area contributed by atoms with Crippen LogP contribution in [0.25, 0.3) is 0 Å². The summed E-state index contributed by atoms with van der Waals surface area (Å²) in [6, 6.07) is -0.0594. The number of hydrogen-bond acceptors (Lipinski definition) is 12. The van der Waals surface area contributed by atoms with E-state index in [-0.39, 0.29) is 71.7 Å². The van der Waals surface area contributed by atoms with E-state index in [0.717, 1.165) is 0 Å². The molecule has 0 aliphatic heterocycles. The zero-order valence-corrected chi connectivity index (χ0v) is 33.8. The summed E-state index contributed by atoms with van der Waals surface area (Å²) in [5.74, 6) is -1.22. The summed E-state index contributed by atoms with van der Waals surface area (Å²) >= 11 is 5.16. The molecule has 0 unspecified atom stereocenters. The number of hydrogen-bond donors (Lipinski definition) is 0. The first-order valence-corrected chi connectivity index (χ1v) is 16.1. The van der Waals surface area contributed by atoms with Crippen LogP contribution in [-0.2, 0) is 55.8 Å². The van der Waals surface area contributed by atoms with E-state index in [0.29, 0.717) is 6.16 Å². The van der Waals surface area contributed by atoms with Crippen LogP contribution >= 0.6 is 26.8 Å². The van der Waals surface area contributed by atoms with Gasteiger partial charge in [-0.3, -0.25) is 32.6 Å². The van der Waals surface area contributed by atoms with E-state index < -0.39 is 57.0 Å². The Kier molecular flexibility index (Phi) is 30.1. The maximum Gasteiger partial charge on any atom is 1.00 e. The molecule has 0 aliphatic carbocycles. The van der Waals surface area contributed by atoms with Crippen molar-refractivity contribution in [3.8, 4) is 0 Å². The number of ether oxygens (including phenoxy) is 3. The molecule has 17 heteroatoms.